The van der Waals surface area contributed by atoms with Gasteiger partial charge < -0.3 is 19.5 Å². The maximum Gasteiger partial charge on any atom is 0.355 e. The molecule has 0 saturated carbocycles. The number of carbonyl (C=O) groups excluding carboxylic acids is 3. The van der Waals surface area contributed by atoms with Gasteiger partial charge in [-0.15, -0.1) is 0 Å². The van der Waals surface area contributed by atoms with Gasteiger partial charge in [0.05, 0.1) is 17.1 Å². The Morgan fingerprint density at radius 2 is 2.09 bits per heavy atom. The van der Waals surface area contributed by atoms with Crippen LogP contribution in [0.25, 0.3) is 0 Å². The van der Waals surface area contributed by atoms with Crippen molar-refractivity contribution in [3.8, 4) is 5.75 Å². The number of hydrogen-bond donors (Lipinski definition) is 1. The minimum absolute atomic E-state index is 0.0744. The SMILES string of the molecule is CC(=O)OCC1Cn2c(c3c(c(O)c2=O)C(=O)N(Cc2ccc(F)c(Cl)c2)CC3)C(=O)O1. The third-order valence-corrected chi connectivity index (χ3v) is 5.65. The number of benzene rings is 1. The number of hydrogen-bond acceptors (Lipinski definition) is 7. The van der Waals surface area contributed by atoms with Crippen LogP contribution in [0, 0.1) is 5.82 Å². The number of aromatic hydroxyl groups is 1. The summed E-state index contributed by atoms with van der Waals surface area (Å²) in [5.41, 5.74) is -0.481. The number of rotatable bonds is 4. The van der Waals surface area contributed by atoms with E-state index in [9.17, 15) is 28.7 Å². The van der Waals surface area contributed by atoms with E-state index >= 15 is 0 Å². The molecular formula is C21H18ClFN2O7. The summed E-state index contributed by atoms with van der Waals surface area (Å²) in [7, 11) is 0. The Morgan fingerprint density at radius 3 is 2.78 bits per heavy atom. The lowest BCUT2D eigenvalue weighted by atomic mass is 9.95. The van der Waals surface area contributed by atoms with E-state index in [1.54, 1.807) is 0 Å². The quantitative estimate of drug-likeness (QED) is 0.684. The summed E-state index contributed by atoms with van der Waals surface area (Å²) < 4.78 is 24.6. The first-order chi connectivity index (χ1) is 15.2. The van der Waals surface area contributed by atoms with E-state index < -0.39 is 41.1 Å². The molecule has 0 radical (unpaired) electrons. The Balaban J connectivity index is 1.67. The zero-order chi connectivity index (χ0) is 23.2. The maximum absolute atomic E-state index is 13.4. The Kier molecular flexibility index (Phi) is 5.64. The minimum atomic E-state index is -0.914. The fraction of sp³-hybridized carbons (Fsp3) is 0.333. The highest BCUT2D eigenvalue weighted by atomic mass is 35.5. The van der Waals surface area contributed by atoms with Crippen LogP contribution in [0.15, 0.2) is 23.0 Å². The molecule has 11 heteroatoms. The molecule has 32 heavy (non-hydrogen) atoms. The van der Waals surface area contributed by atoms with Crippen LogP contribution in [0.1, 0.15) is 38.9 Å². The second kappa shape index (κ2) is 8.27. The second-order valence-corrected chi connectivity index (χ2v) is 7.93. The van der Waals surface area contributed by atoms with Crippen LogP contribution in [0.4, 0.5) is 4.39 Å². The number of aromatic nitrogens is 1. The summed E-state index contributed by atoms with van der Waals surface area (Å²) >= 11 is 5.80. The van der Waals surface area contributed by atoms with Crippen LogP contribution in [-0.2, 0) is 33.8 Å². The number of pyridine rings is 1. The molecular weight excluding hydrogens is 447 g/mol. The first kappa shape index (κ1) is 21.8. The molecule has 1 aromatic carbocycles. The lowest BCUT2D eigenvalue weighted by Crippen LogP contribution is -2.46. The molecule has 2 aliphatic heterocycles. The molecule has 0 fully saturated rings. The number of fused-ring (bicyclic) bond motifs is 3. The molecule has 2 aliphatic rings. The highest BCUT2D eigenvalue weighted by Crippen LogP contribution is 2.31. The first-order valence-corrected chi connectivity index (χ1v) is 10.1. The smallest absolute Gasteiger partial charge is 0.355 e. The summed E-state index contributed by atoms with van der Waals surface area (Å²) in [6.07, 6.45) is -0.712. The van der Waals surface area contributed by atoms with E-state index in [0.29, 0.717) is 5.56 Å². The Hall–Kier alpha value is -3.40. The van der Waals surface area contributed by atoms with E-state index in [-0.39, 0.29) is 54.5 Å². The number of esters is 2. The number of carbonyl (C=O) groups is 3. The fourth-order valence-corrected chi connectivity index (χ4v) is 4.11. The molecule has 3 heterocycles. The van der Waals surface area contributed by atoms with E-state index in [1.807, 2.05) is 0 Å². The van der Waals surface area contributed by atoms with Crippen LogP contribution in [0.3, 0.4) is 0 Å². The van der Waals surface area contributed by atoms with E-state index in [1.165, 1.54) is 30.0 Å². The van der Waals surface area contributed by atoms with Gasteiger partial charge in [-0.1, -0.05) is 17.7 Å². The topological polar surface area (TPSA) is 115 Å². The van der Waals surface area contributed by atoms with Crippen molar-refractivity contribution >= 4 is 29.4 Å². The highest BCUT2D eigenvalue weighted by molar-refractivity contribution is 6.30. The predicted octanol–water partition coefficient (Wildman–Crippen LogP) is 1.65. The molecule has 0 spiro atoms. The van der Waals surface area contributed by atoms with Gasteiger partial charge in [0.25, 0.3) is 11.5 Å². The van der Waals surface area contributed by atoms with Gasteiger partial charge in [0, 0.05) is 25.6 Å². The number of ether oxygens (including phenoxy) is 2. The molecule has 0 bridgehead atoms. The van der Waals surface area contributed by atoms with Crippen molar-refractivity contribution in [3.05, 3.63) is 61.8 Å². The van der Waals surface area contributed by atoms with Gasteiger partial charge in [-0.3, -0.25) is 19.0 Å². The van der Waals surface area contributed by atoms with Crippen molar-refractivity contribution in [2.24, 2.45) is 0 Å². The second-order valence-electron chi connectivity index (χ2n) is 7.52. The molecule has 0 aliphatic carbocycles. The molecule has 1 amide bonds. The Bertz CT molecular complexity index is 1210. The minimum Gasteiger partial charge on any atom is -0.502 e. The van der Waals surface area contributed by atoms with Crippen molar-refractivity contribution in [3.63, 3.8) is 0 Å². The molecule has 168 valence electrons. The molecule has 2 aromatic rings. The van der Waals surface area contributed by atoms with Crippen molar-refractivity contribution < 1.29 is 33.4 Å². The fourth-order valence-electron chi connectivity index (χ4n) is 3.90. The van der Waals surface area contributed by atoms with Crippen molar-refractivity contribution in [1.82, 2.24) is 9.47 Å². The monoisotopic (exact) mass is 464 g/mol. The Morgan fingerprint density at radius 1 is 1.34 bits per heavy atom. The van der Waals surface area contributed by atoms with Gasteiger partial charge in [-0.2, -0.15) is 0 Å². The van der Waals surface area contributed by atoms with Crippen LogP contribution in [0.2, 0.25) is 5.02 Å². The predicted molar refractivity (Wildman–Crippen MR) is 108 cm³/mol. The summed E-state index contributed by atoms with van der Waals surface area (Å²) in [5.74, 6) is -3.40. The Labute approximate surface area is 185 Å². The zero-order valence-electron chi connectivity index (χ0n) is 16.9. The number of cyclic esters (lactones) is 1. The molecule has 1 unspecified atom stereocenters. The van der Waals surface area contributed by atoms with Crippen molar-refractivity contribution in [2.75, 3.05) is 13.2 Å². The summed E-state index contributed by atoms with van der Waals surface area (Å²) in [5, 5.41) is 10.4. The van der Waals surface area contributed by atoms with Gasteiger partial charge in [-0.05, 0) is 24.1 Å². The summed E-state index contributed by atoms with van der Waals surface area (Å²) in [6.45, 7) is 1.10. The zero-order valence-corrected chi connectivity index (χ0v) is 17.6. The van der Waals surface area contributed by atoms with E-state index in [0.717, 1.165) is 4.57 Å². The average molecular weight is 465 g/mol. The van der Waals surface area contributed by atoms with Gasteiger partial charge >= 0.3 is 11.9 Å². The van der Waals surface area contributed by atoms with Gasteiger partial charge in [0.15, 0.2) is 11.9 Å². The lowest BCUT2D eigenvalue weighted by molar-refractivity contribution is -0.144. The van der Waals surface area contributed by atoms with E-state index in [2.05, 4.69) is 0 Å². The van der Waals surface area contributed by atoms with Crippen molar-refractivity contribution in [1.29, 1.82) is 0 Å². The summed E-state index contributed by atoms with van der Waals surface area (Å²) in [4.78, 5) is 50.9. The largest absolute Gasteiger partial charge is 0.502 e. The molecule has 0 saturated heterocycles. The van der Waals surface area contributed by atoms with Gasteiger partial charge in [0.2, 0.25) is 0 Å². The van der Waals surface area contributed by atoms with Crippen LogP contribution < -0.4 is 5.56 Å². The van der Waals surface area contributed by atoms with Gasteiger partial charge in [0.1, 0.15) is 18.1 Å². The first-order valence-electron chi connectivity index (χ1n) is 9.73. The highest BCUT2D eigenvalue weighted by Gasteiger charge is 2.38. The summed E-state index contributed by atoms with van der Waals surface area (Å²) in [6, 6.07) is 4.05. The third kappa shape index (κ3) is 3.81. The standard InChI is InChI=1S/C21H18ClFN2O7/c1-10(26)31-9-12-8-25-17(21(30)32-12)13-4-5-24(19(28)16(13)18(27)20(25)29)7-11-2-3-15(23)14(22)6-11/h2-3,6,12,27H,4-5,7-9H2,1H3. The van der Waals surface area contributed by atoms with Crippen LogP contribution in [-0.4, -0.2) is 51.7 Å². The third-order valence-electron chi connectivity index (χ3n) is 5.36. The molecule has 1 aromatic heterocycles. The molecule has 4 rings (SSSR count). The van der Waals surface area contributed by atoms with E-state index in [4.69, 9.17) is 21.1 Å². The number of nitrogens with zero attached hydrogens (tertiary/aromatic N) is 2. The van der Waals surface area contributed by atoms with Crippen LogP contribution >= 0.6 is 11.6 Å². The molecule has 1 atom stereocenters. The normalized spacial score (nSPS) is 17.5. The average Bonchev–Trinajstić information content (AvgIpc) is 2.74. The van der Waals surface area contributed by atoms with Crippen LogP contribution in [0.5, 0.6) is 5.75 Å². The maximum atomic E-state index is 13.4. The lowest BCUT2D eigenvalue weighted by Gasteiger charge is -2.33. The number of amides is 1. The van der Waals surface area contributed by atoms with Crippen molar-refractivity contribution in [2.45, 2.75) is 32.5 Å². The molecule has 9 nitrogen and oxygen atoms in total. The van der Waals surface area contributed by atoms with Gasteiger partial charge in [-0.25, -0.2) is 9.18 Å². The molecule has 1 N–H and O–H groups in total. The number of halogens is 2.